The quantitative estimate of drug-likeness (QED) is 0.722. The minimum atomic E-state index is -0.602. The van der Waals surface area contributed by atoms with E-state index in [1.165, 1.54) is 0 Å². The largest absolute Gasteiger partial charge is 0.497 e. The average Bonchev–Trinajstić information content (AvgIpc) is 2.82. The van der Waals surface area contributed by atoms with E-state index in [9.17, 15) is 4.79 Å². The maximum absolute atomic E-state index is 11.6. The molecule has 0 aliphatic carbocycles. The number of hydrogen-bond donors (Lipinski definition) is 0. The van der Waals surface area contributed by atoms with E-state index in [0.717, 1.165) is 0 Å². The lowest BCUT2D eigenvalue weighted by atomic mass is 10.2. The Morgan fingerprint density at radius 2 is 2.12 bits per heavy atom. The fraction of sp³-hybridized carbons (Fsp3) is 0.364. The molecule has 0 bridgehead atoms. The topological polar surface area (TPSA) is 54.0 Å². The van der Waals surface area contributed by atoms with Gasteiger partial charge in [-0.15, -0.1) is 0 Å². The maximum atomic E-state index is 11.6. The molecule has 0 aromatic heterocycles. The normalized spacial score (nSPS) is 19.4. The van der Waals surface area contributed by atoms with Crippen LogP contribution in [0.4, 0.5) is 0 Å². The number of carbonyl (C=O) groups excluding carboxylic acids is 1. The zero-order valence-corrected chi connectivity index (χ0v) is 8.84. The molecular weight excluding hydrogens is 212 g/mol. The summed E-state index contributed by atoms with van der Waals surface area (Å²) in [7, 11) is 1.57. The lowest BCUT2D eigenvalue weighted by Crippen LogP contribution is -2.19. The van der Waals surface area contributed by atoms with Crippen molar-refractivity contribution in [2.45, 2.75) is 6.29 Å². The number of carbonyl (C=O) groups is 1. The van der Waals surface area contributed by atoms with Gasteiger partial charge in [0.15, 0.2) is 6.79 Å². The van der Waals surface area contributed by atoms with Crippen molar-refractivity contribution in [3.63, 3.8) is 0 Å². The lowest BCUT2D eigenvalue weighted by Gasteiger charge is -2.09. The maximum Gasteiger partial charge on any atom is 0.340 e. The van der Waals surface area contributed by atoms with Crippen LogP contribution in [0.5, 0.6) is 5.75 Å². The van der Waals surface area contributed by atoms with Crippen LogP contribution in [0, 0.1) is 0 Å². The molecule has 1 heterocycles. The summed E-state index contributed by atoms with van der Waals surface area (Å²) in [5.74, 6) is 0.259. The minimum Gasteiger partial charge on any atom is -0.497 e. The van der Waals surface area contributed by atoms with Crippen LogP contribution in [0.2, 0.25) is 0 Å². The van der Waals surface area contributed by atoms with E-state index in [1.54, 1.807) is 31.4 Å². The van der Waals surface area contributed by atoms with Gasteiger partial charge in [0.1, 0.15) is 12.4 Å². The van der Waals surface area contributed by atoms with E-state index < -0.39 is 12.3 Å². The molecule has 1 aromatic rings. The van der Waals surface area contributed by atoms with Crippen molar-refractivity contribution in [1.82, 2.24) is 0 Å². The first-order chi connectivity index (χ1) is 7.79. The Balaban J connectivity index is 1.97. The van der Waals surface area contributed by atoms with Gasteiger partial charge in [-0.05, 0) is 24.3 Å². The number of rotatable bonds is 3. The molecule has 5 nitrogen and oxygen atoms in total. The summed E-state index contributed by atoms with van der Waals surface area (Å²) in [6.45, 7) is 0.447. The first kappa shape index (κ1) is 10.9. The fourth-order valence-corrected chi connectivity index (χ4v) is 1.30. The zero-order valence-electron chi connectivity index (χ0n) is 8.84. The molecule has 5 heteroatoms. The Morgan fingerprint density at radius 1 is 1.38 bits per heavy atom. The number of esters is 1. The van der Waals surface area contributed by atoms with Crippen LogP contribution in [0.25, 0.3) is 0 Å². The number of ether oxygens (including phenoxy) is 4. The highest BCUT2D eigenvalue weighted by atomic mass is 16.8. The van der Waals surface area contributed by atoms with Gasteiger partial charge in [-0.1, -0.05) is 0 Å². The highest BCUT2D eigenvalue weighted by Gasteiger charge is 2.21. The molecule has 0 amide bonds. The van der Waals surface area contributed by atoms with Crippen LogP contribution >= 0.6 is 0 Å². The Morgan fingerprint density at radius 3 is 2.69 bits per heavy atom. The summed E-state index contributed by atoms with van der Waals surface area (Å²) in [6.07, 6.45) is -0.602. The first-order valence-electron chi connectivity index (χ1n) is 4.84. The third-order valence-electron chi connectivity index (χ3n) is 2.16. The molecular formula is C11H12O5. The molecule has 0 spiro atoms. The monoisotopic (exact) mass is 224 g/mol. The molecule has 0 saturated carbocycles. The molecule has 16 heavy (non-hydrogen) atoms. The summed E-state index contributed by atoms with van der Waals surface area (Å²) >= 11 is 0. The number of benzene rings is 1. The zero-order chi connectivity index (χ0) is 11.4. The molecule has 1 aliphatic rings. The standard InChI is InChI=1S/C11H12O5/c1-13-9-4-2-8(3-5-9)11(12)16-10-6-14-7-15-10/h2-5,10H,6-7H2,1H3. The summed E-state index contributed by atoms with van der Waals surface area (Å²) in [5.41, 5.74) is 0.455. The number of methoxy groups -OCH3 is 1. The van der Waals surface area contributed by atoms with Gasteiger partial charge in [-0.25, -0.2) is 4.79 Å². The second-order valence-electron chi connectivity index (χ2n) is 3.22. The Bertz CT molecular complexity index is 353. The van der Waals surface area contributed by atoms with E-state index >= 15 is 0 Å². The van der Waals surface area contributed by atoms with Gasteiger partial charge in [0, 0.05) is 0 Å². The van der Waals surface area contributed by atoms with Gasteiger partial charge in [0.25, 0.3) is 0 Å². The van der Waals surface area contributed by atoms with Crippen molar-refractivity contribution in [2.75, 3.05) is 20.5 Å². The van der Waals surface area contributed by atoms with Crippen molar-refractivity contribution in [3.05, 3.63) is 29.8 Å². The van der Waals surface area contributed by atoms with Crippen LogP contribution in [0.15, 0.2) is 24.3 Å². The van der Waals surface area contributed by atoms with Crippen LogP contribution in [-0.4, -0.2) is 32.8 Å². The molecule has 1 aromatic carbocycles. The van der Waals surface area contributed by atoms with Crippen molar-refractivity contribution >= 4 is 5.97 Å². The molecule has 86 valence electrons. The second kappa shape index (κ2) is 4.96. The van der Waals surface area contributed by atoms with Crippen molar-refractivity contribution in [2.24, 2.45) is 0 Å². The van der Waals surface area contributed by atoms with Gasteiger partial charge in [0.2, 0.25) is 6.29 Å². The summed E-state index contributed by atoms with van der Waals surface area (Å²) in [5, 5.41) is 0. The van der Waals surface area contributed by atoms with E-state index in [4.69, 9.17) is 18.9 Å². The molecule has 0 radical (unpaired) electrons. The van der Waals surface area contributed by atoms with E-state index in [0.29, 0.717) is 11.3 Å². The third-order valence-corrected chi connectivity index (χ3v) is 2.16. The lowest BCUT2D eigenvalue weighted by molar-refractivity contribution is -0.0752. The minimum absolute atomic E-state index is 0.167. The second-order valence-corrected chi connectivity index (χ2v) is 3.22. The van der Waals surface area contributed by atoms with Gasteiger partial charge < -0.3 is 18.9 Å². The van der Waals surface area contributed by atoms with Crippen LogP contribution in [0.1, 0.15) is 10.4 Å². The fourth-order valence-electron chi connectivity index (χ4n) is 1.30. The predicted molar refractivity (Wildman–Crippen MR) is 54.1 cm³/mol. The van der Waals surface area contributed by atoms with Gasteiger partial charge in [-0.3, -0.25) is 0 Å². The molecule has 1 atom stereocenters. The Labute approximate surface area is 92.9 Å². The van der Waals surface area contributed by atoms with E-state index in [2.05, 4.69) is 0 Å². The smallest absolute Gasteiger partial charge is 0.340 e. The van der Waals surface area contributed by atoms with E-state index in [1.807, 2.05) is 0 Å². The molecule has 0 N–H and O–H groups in total. The van der Waals surface area contributed by atoms with Gasteiger partial charge in [-0.2, -0.15) is 0 Å². The highest BCUT2D eigenvalue weighted by Crippen LogP contribution is 2.14. The summed E-state index contributed by atoms with van der Waals surface area (Å²) in [6, 6.07) is 6.67. The molecule has 1 aliphatic heterocycles. The molecule has 1 fully saturated rings. The third kappa shape index (κ3) is 2.50. The summed E-state index contributed by atoms with van der Waals surface area (Å²) < 4.78 is 19.9. The number of hydrogen-bond acceptors (Lipinski definition) is 5. The predicted octanol–water partition coefficient (Wildman–Crippen LogP) is 1.18. The van der Waals surface area contributed by atoms with Gasteiger partial charge >= 0.3 is 5.97 Å². The molecule has 2 rings (SSSR count). The average molecular weight is 224 g/mol. The molecule has 1 unspecified atom stereocenters. The molecule has 1 saturated heterocycles. The van der Waals surface area contributed by atoms with Crippen LogP contribution in [0.3, 0.4) is 0 Å². The van der Waals surface area contributed by atoms with Crippen molar-refractivity contribution in [1.29, 1.82) is 0 Å². The Hall–Kier alpha value is -1.59. The van der Waals surface area contributed by atoms with Crippen LogP contribution in [-0.2, 0) is 14.2 Å². The van der Waals surface area contributed by atoms with E-state index in [-0.39, 0.29) is 13.4 Å². The Kier molecular flexibility index (Phi) is 3.38. The first-order valence-corrected chi connectivity index (χ1v) is 4.84. The van der Waals surface area contributed by atoms with Crippen molar-refractivity contribution < 1.29 is 23.7 Å². The van der Waals surface area contributed by atoms with Crippen molar-refractivity contribution in [3.8, 4) is 5.75 Å². The summed E-state index contributed by atoms with van der Waals surface area (Å²) in [4.78, 5) is 11.6. The SMILES string of the molecule is COc1ccc(C(=O)OC2COCO2)cc1. The highest BCUT2D eigenvalue weighted by molar-refractivity contribution is 5.89. The van der Waals surface area contributed by atoms with Gasteiger partial charge in [0.05, 0.1) is 12.7 Å². The van der Waals surface area contributed by atoms with Crippen LogP contribution < -0.4 is 4.74 Å².